The number of hydrogen-bond acceptors (Lipinski definition) is 4. The van der Waals surface area contributed by atoms with Gasteiger partial charge in [-0.25, -0.2) is 4.79 Å². The van der Waals surface area contributed by atoms with E-state index in [9.17, 15) is 9.59 Å². The maximum absolute atomic E-state index is 10.5. The number of aliphatic hydroxyl groups excluding tert-OH is 1. The summed E-state index contributed by atoms with van der Waals surface area (Å²) in [6.07, 6.45) is -2.16. The highest BCUT2D eigenvalue weighted by atomic mass is 16.5. The van der Waals surface area contributed by atoms with Gasteiger partial charge in [-0.2, -0.15) is 0 Å². The molecule has 0 aliphatic rings. The lowest BCUT2D eigenvalue weighted by Crippen LogP contribution is -2.24. The van der Waals surface area contributed by atoms with Crippen molar-refractivity contribution in [2.75, 3.05) is 6.61 Å². The zero-order valence-electron chi connectivity index (χ0n) is 6.11. The van der Waals surface area contributed by atoms with E-state index in [1.54, 1.807) is 6.92 Å². The summed E-state index contributed by atoms with van der Waals surface area (Å²) in [6.45, 7) is 1.79. The van der Waals surface area contributed by atoms with Crippen molar-refractivity contribution in [3.05, 3.63) is 0 Å². The third-order valence-electron chi connectivity index (χ3n) is 0.950. The van der Waals surface area contributed by atoms with E-state index in [1.165, 1.54) is 0 Å². The van der Waals surface area contributed by atoms with Gasteiger partial charge in [-0.1, -0.05) is 0 Å². The Morgan fingerprint density at radius 1 is 1.55 bits per heavy atom. The van der Waals surface area contributed by atoms with E-state index in [0.29, 0.717) is 0 Å². The van der Waals surface area contributed by atoms with Crippen LogP contribution in [0, 0.1) is 0 Å². The average molecular weight is 162 g/mol. The van der Waals surface area contributed by atoms with Gasteiger partial charge in [0.1, 0.15) is 0 Å². The lowest BCUT2D eigenvalue weighted by atomic mass is 10.2. The molecule has 0 amide bonds. The Bertz CT molecular complexity index is 153. The molecule has 0 aliphatic carbocycles. The summed E-state index contributed by atoms with van der Waals surface area (Å²) in [5, 5.41) is 16.8. The summed E-state index contributed by atoms with van der Waals surface area (Å²) in [6, 6.07) is 0. The van der Waals surface area contributed by atoms with Crippen LogP contribution in [0.5, 0.6) is 0 Å². The standard InChI is InChI=1S/C6H10O5/c1-2-11-5(8)3-4(7)6(9)10/h4,7H,2-3H2,1H3,(H,9,10)/t4-/m0/s1. The van der Waals surface area contributed by atoms with Crippen LogP contribution in [0.4, 0.5) is 0 Å². The average Bonchev–Trinajstić information content (AvgIpc) is 1.87. The predicted molar refractivity (Wildman–Crippen MR) is 34.9 cm³/mol. The quantitative estimate of drug-likeness (QED) is 0.538. The molecule has 0 spiro atoms. The monoisotopic (exact) mass is 162 g/mol. The van der Waals surface area contributed by atoms with E-state index >= 15 is 0 Å². The van der Waals surface area contributed by atoms with Crippen molar-refractivity contribution in [3.8, 4) is 0 Å². The van der Waals surface area contributed by atoms with Crippen LogP contribution in [0.1, 0.15) is 13.3 Å². The maximum Gasteiger partial charge on any atom is 0.333 e. The third kappa shape index (κ3) is 4.32. The molecule has 0 aliphatic heterocycles. The highest BCUT2D eigenvalue weighted by Crippen LogP contribution is 1.94. The molecule has 64 valence electrons. The van der Waals surface area contributed by atoms with E-state index in [2.05, 4.69) is 4.74 Å². The fourth-order valence-corrected chi connectivity index (χ4v) is 0.465. The van der Waals surface area contributed by atoms with E-state index in [1.807, 2.05) is 0 Å². The van der Waals surface area contributed by atoms with Crippen molar-refractivity contribution in [1.29, 1.82) is 0 Å². The first-order chi connectivity index (χ1) is 5.07. The second kappa shape index (κ2) is 4.68. The molecular weight excluding hydrogens is 152 g/mol. The smallest absolute Gasteiger partial charge is 0.333 e. The van der Waals surface area contributed by atoms with E-state index in [0.717, 1.165) is 0 Å². The molecule has 5 heteroatoms. The van der Waals surface area contributed by atoms with Gasteiger partial charge in [-0.3, -0.25) is 4.79 Å². The molecule has 0 unspecified atom stereocenters. The number of carbonyl (C=O) groups is 2. The summed E-state index contributed by atoms with van der Waals surface area (Å²) in [5.74, 6) is -2.12. The summed E-state index contributed by atoms with van der Waals surface area (Å²) in [4.78, 5) is 20.5. The molecule has 0 fully saturated rings. The fourth-order valence-electron chi connectivity index (χ4n) is 0.465. The molecule has 5 nitrogen and oxygen atoms in total. The number of aliphatic carboxylic acids is 1. The fraction of sp³-hybridized carbons (Fsp3) is 0.667. The van der Waals surface area contributed by atoms with E-state index in [-0.39, 0.29) is 6.61 Å². The van der Waals surface area contributed by atoms with Crippen molar-refractivity contribution in [2.24, 2.45) is 0 Å². The van der Waals surface area contributed by atoms with Crippen LogP contribution < -0.4 is 0 Å². The zero-order valence-corrected chi connectivity index (χ0v) is 6.11. The topological polar surface area (TPSA) is 83.8 Å². The Morgan fingerprint density at radius 2 is 2.09 bits per heavy atom. The largest absolute Gasteiger partial charge is 0.479 e. The van der Waals surface area contributed by atoms with Crippen molar-refractivity contribution < 1.29 is 24.5 Å². The maximum atomic E-state index is 10.5. The second-order valence-corrected chi connectivity index (χ2v) is 1.86. The minimum absolute atomic E-state index is 0.186. The van der Waals surface area contributed by atoms with E-state index in [4.69, 9.17) is 10.2 Å². The molecule has 2 N–H and O–H groups in total. The van der Waals surface area contributed by atoms with Crippen molar-refractivity contribution >= 4 is 11.9 Å². The first-order valence-corrected chi connectivity index (χ1v) is 3.14. The molecule has 0 aromatic rings. The van der Waals surface area contributed by atoms with Gasteiger partial charge in [0.25, 0.3) is 0 Å². The Morgan fingerprint density at radius 3 is 2.45 bits per heavy atom. The molecule has 0 rings (SSSR count). The molecule has 0 bridgehead atoms. The van der Waals surface area contributed by atoms with Gasteiger partial charge in [-0.15, -0.1) is 0 Å². The van der Waals surface area contributed by atoms with Gasteiger partial charge < -0.3 is 14.9 Å². The van der Waals surface area contributed by atoms with Crippen LogP contribution in [0.15, 0.2) is 0 Å². The number of aliphatic hydroxyl groups is 1. The van der Waals surface area contributed by atoms with Crippen LogP contribution in [0.2, 0.25) is 0 Å². The number of carbonyl (C=O) groups excluding carboxylic acids is 1. The van der Waals surface area contributed by atoms with Gasteiger partial charge in [0, 0.05) is 0 Å². The first-order valence-electron chi connectivity index (χ1n) is 3.14. The molecule has 1 atom stereocenters. The SMILES string of the molecule is CCOC(=O)C[C@H](O)C(=O)O. The van der Waals surface area contributed by atoms with Crippen LogP contribution in [-0.2, 0) is 14.3 Å². The third-order valence-corrected chi connectivity index (χ3v) is 0.950. The summed E-state index contributed by atoms with van der Waals surface area (Å²) in [5.41, 5.74) is 0. The summed E-state index contributed by atoms with van der Waals surface area (Å²) >= 11 is 0. The van der Waals surface area contributed by atoms with Crippen molar-refractivity contribution in [3.63, 3.8) is 0 Å². The highest BCUT2D eigenvalue weighted by Gasteiger charge is 2.17. The molecule has 0 saturated carbocycles. The molecule has 0 aromatic carbocycles. The van der Waals surface area contributed by atoms with Crippen molar-refractivity contribution in [1.82, 2.24) is 0 Å². The molecule has 0 radical (unpaired) electrons. The molecule has 0 heterocycles. The first kappa shape index (κ1) is 9.90. The number of ether oxygens (including phenoxy) is 1. The van der Waals surface area contributed by atoms with Gasteiger partial charge in [-0.05, 0) is 6.92 Å². The number of hydrogen-bond donors (Lipinski definition) is 2. The molecule has 11 heavy (non-hydrogen) atoms. The van der Waals surface area contributed by atoms with Crippen LogP contribution in [0.3, 0.4) is 0 Å². The van der Waals surface area contributed by atoms with Gasteiger partial charge in [0.2, 0.25) is 0 Å². The number of rotatable bonds is 4. The lowest BCUT2D eigenvalue weighted by molar-refractivity contribution is -0.155. The van der Waals surface area contributed by atoms with Crippen LogP contribution in [0.25, 0.3) is 0 Å². The van der Waals surface area contributed by atoms with Gasteiger partial charge >= 0.3 is 11.9 Å². The number of carboxylic acid groups (broad SMARTS) is 1. The predicted octanol–water partition coefficient (Wildman–Crippen LogP) is -0.615. The highest BCUT2D eigenvalue weighted by molar-refractivity contribution is 5.80. The Labute approximate surface area is 63.6 Å². The van der Waals surface area contributed by atoms with Gasteiger partial charge in [0.05, 0.1) is 13.0 Å². The lowest BCUT2D eigenvalue weighted by Gasteiger charge is -2.03. The minimum Gasteiger partial charge on any atom is -0.479 e. The Kier molecular flexibility index (Phi) is 4.21. The van der Waals surface area contributed by atoms with Crippen molar-refractivity contribution in [2.45, 2.75) is 19.4 Å². The number of esters is 1. The van der Waals surface area contributed by atoms with Crippen LogP contribution in [-0.4, -0.2) is 34.9 Å². The zero-order chi connectivity index (χ0) is 8.85. The summed E-state index contributed by atoms with van der Waals surface area (Å²) < 4.78 is 4.40. The minimum atomic E-state index is -1.66. The number of carboxylic acids is 1. The van der Waals surface area contributed by atoms with Gasteiger partial charge in [0.15, 0.2) is 6.10 Å². The molecule has 0 aromatic heterocycles. The van der Waals surface area contributed by atoms with Crippen LogP contribution >= 0.6 is 0 Å². The molecular formula is C6H10O5. The van der Waals surface area contributed by atoms with E-state index < -0.39 is 24.5 Å². The normalized spacial score (nSPS) is 12.2. The Hall–Kier alpha value is -1.10. The molecule has 0 saturated heterocycles. The Balaban J connectivity index is 3.66. The summed E-state index contributed by atoms with van der Waals surface area (Å²) in [7, 11) is 0. The second-order valence-electron chi connectivity index (χ2n) is 1.86.